The number of aromatic amines is 1. The second-order valence-corrected chi connectivity index (χ2v) is 5.82. The Morgan fingerprint density at radius 2 is 1.68 bits per heavy atom. The van der Waals surface area contributed by atoms with Crippen molar-refractivity contribution in [2.75, 3.05) is 0 Å². The van der Waals surface area contributed by atoms with Crippen LogP contribution in [0.2, 0.25) is 0 Å². The quantitative estimate of drug-likeness (QED) is 0.568. The highest BCUT2D eigenvalue weighted by Crippen LogP contribution is 2.17. The third-order valence-electron chi connectivity index (χ3n) is 4.02. The molecule has 6 nitrogen and oxygen atoms in total. The summed E-state index contributed by atoms with van der Waals surface area (Å²) in [4.78, 5) is 28.2. The van der Waals surface area contributed by atoms with Gasteiger partial charge in [-0.05, 0) is 17.7 Å². The van der Waals surface area contributed by atoms with Gasteiger partial charge in [-0.15, -0.1) is 0 Å². The average molecular weight is 374 g/mol. The summed E-state index contributed by atoms with van der Waals surface area (Å²) in [5.41, 5.74) is 2.93. The first-order valence-corrected chi connectivity index (χ1v) is 9.20. The molecule has 0 spiro atoms. The van der Waals surface area contributed by atoms with Gasteiger partial charge in [0.05, 0.1) is 30.3 Å². The Morgan fingerprint density at radius 1 is 0.929 bits per heavy atom. The van der Waals surface area contributed by atoms with Crippen LogP contribution < -0.4 is 5.56 Å². The molecular weight excluding hydrogens is 352 g/mol. The van der Waals surface area contributed by atoms with E-state index in [-0.39, 0.29) is 5.56 Å². The number of nitrogens with zero attached hydrogens (tertiary/aromatic N) is 3. The number of aromatic nitrogens is 4. The number of hydrogen-bond donors (Lipinski definition) is 1. The highest BCUT2D eigenvalue weighted by molar-refractivity contribution is 5.81. The maximum Gasteiger partial charge on any atom is 0.259 e. The lowest BCUT2D eigenvalue weighted by atomic mass is 10.1. The Balaban J connectivity index is 0.00000109. The molecule has 4 aromatic rings. The van der Waals surface area contributed by atoms with Crippen LogP contribution in [0.15, 0.2) is 72.0 Å². The molecule has 0 aliphatic carbocycles. The Labute approximate surface area is 163 Å². The minimum Gasteiger partial charge on any atom is -0.372 e. The summed E-state index contributed by atoms with van der Waals surface area (Å²) in [6.07, 6.45) is 6.56. The van der Waals surface area contributed by atoms with Gasteiger partial charge in [0.1, 0.15) is 5.82 Å². The van der Waals surface area contributed by atoms with Crippen molar-refractivity contribution in [3.8, 4) is 11.4 Å². The lowest BCUT2D eigenvalue weighted by molar-refractivity contribution is 0.108. The van der Waals surface area contributed by atoms with E-state index in [1.54, 1.807) is 36.9 Å². The van der Waals surface area contributed by atoms with Gasteiger partial charge in [0.2, 0.25) is 0 Å². The predicted octanol–water partition coefficient (Wildman–Crippen LogP) is 4.12. The van der Waals surface area contributed by atoms with Crippen LogP contribution in [0, 0.1) is 0 Å². The molecule has 0 unspecified atom stereocenters. The topological polar surface area (TPSA) is 80.8 Å². The van der Waals surface area contributed by atoms with Gasteiger partial charge in [-0.3, -0.25) is 14.8 Å². The summed E-state index contributed by atoms with van der Waals surface area (Å²) in [5, 5.41) is 0.505. The molecule has 1 N–H and O–H groups in total. The van der Waals surface area contributed by atoms with Crippen molar-refractivity contribution in [2.24, 2.45) is 0 Å². The zero-order valence-electron chi connectivity index (χ0n) is 15.9. The summed E-state index contributed by atoms with van der Waals surface area (Å²) in [5.74, 6) is 0.494. The van der Waals surface area contributed by atoms with Gasteiger partial charge >= 0.3 is 0 Å². The van der Waals surface area contributed by atoms with Gasteiger partial charge in [0.25, 0.3) is 5.56 Å². The highest BCUT2D eigenvalue weighted by atomic mass is 16.5. The van der Waals surface area contributed by atoms with E-state index in [0.717, 1.165) is 11.1 Å². The van der Waals surface area contributed by atoms with Crippen molar-refractivity contribution < 1.29 is 4.74 Å². The summed E-state index contributed by atoms with van der Waals surface area (Å²) >= 11 is 0. The van der Waals surface area contributed by atoms with Crippen LogP contribution in [0.5, 0.6) is 0 Å². The molecule has 0 radical (unpaired) electrons. The number of benzene rings is 1. The molecule has 4 rings (SSSR count). The SMILES string of the molecule is CC.O=c1[nH]c(-c2ccncc2)nc2cncc(COCc3ccccc3)c12. The van der Waals surface area contributed by atoms with Gasteiger partial charge in [-0.25, -0.2) is 4.98 Å². The third-order valence-corrected chi connectivity index (χ3v) is 4.02. The molecule has 1 aromatic carbocycles. The number of fused-ring (bicyclic) bond motifs is 1. The van der Waals surface area contributed by atoms with Crippen LogP contribution >= 0.6 is 0 Å². The first kappa shape index (κ1) is 19.4. The van der Waals surface area contributed by atoms with Gasteiger partial charge in [0.15, 0.2) is 0 Å². The molecular formula is C22H22N4O2. The van der Waals surface area contributed by atoms with Crippen LogP contribution in [-0.2, 0) is 18.0 Å². The Kier molecular flexibility index (Phi) is 6.59. The Morgan fingerprint density at radius 3 is 2.43 bits per heavy atom. The summed E-state index contributed by atoms with van der Waals surface area (Å²) < 4.78 is 5.75. The predicted molar refractivity (Wildman–Crippen MR) is 110 cm³/mol. The van der Waals surface area contributed by atoms with E-state index in [1.807, 2.05) is 44.2 Å². The summed E-state index contributed by atoms with van der Waals surface area (Å²) in [6.45, 7) is 4.76. The fraction of sp³-hybridized carbons (Fsp3) is 0.182. The zero-order valence-corrected chi connectivity index (χ0v) is 15.9. The summed E-state index contributed by atoms with van der Waals surface area (Å²) in [7, 11) is 0. The van der Waals surface area contributed by atoms with Crippen molar-refractivity contribution in [1.82, 2.24) is 19.9 Å². The van der Waals surface area contributed by atoms with Crippen LogP contribution in [0.4, 0.5) is 0 Å². The van der Waals surface area contributed by atoms with Crippen molar-refractivity contribution in [3.05, 3.63) is 88.7 Å². The lowest BCUT2D eigenvalue weighted by Crippen LogP contribution is -2.12. The lowest BCUT2D eigenvalue weighted by Gasteiger charge is -2.08. The van der Waals surface area contributed by atoms with Gasteiger partial charge < -0.3 is 9.72 Å². The zero-order chi connectivity index (χ0) is 19.8. The van der Waals surface area contributed by atoms with Crippen LogP contribution in [-0.4, -0.2) is 19.9 Å². The number of nitrogens with one attached hydrogen (secondary N) is 1. The molecule has 6 heteroatoms. The fourth-order valence-electron chi connectivity index (χ4n) is 2.77. The van der Waals surface area contributed by atoms with E-state index >= 15 is 0 Å². The second kappa shape index (κ2) is 9.53. The average Bonchev–Trinajstić information content (AvgIpc) is 2.76. The molecule has 0 saturated carbocycles. The maximum absolute atomic E-state index is 12.6. The minimum atomic E-state index is -0.206. The molecule has 0 aliphatic heterocycles. The molecule has 0 amide bonds. The first-order chi connectivity index (χ1) is 13.8. The molecule has 0 saturated heterocycles. The molecule has 28 heavy (non-hydrogen) atoms. The standard InChI is InChI=1S/C20H16N4O2.C2H6/c25-20-18-16(13-26-12-14-4-2-1-3-5-14)10-22-11-17(18)23-19(24-20)15-6-8-21-9-7-15;1-2/h1-11H,12-13H2,(H,23,24,25);1-2H3. The molecule has 3 aromatic heterocycles. The highest BCUT2D eigenvalue weighted by Gasteiger charge is 2.10. The molecule has 3 heterocycles. The molecule has 0 bridgehead atoms. The van der Waals surface area contributed by atoms with Crippen molar-refractivity contribution in [2.45, 2.75) is 27.1 Å². The van der Waals surface area contributed by atoms with Gasteiger partial charge in [-0.2, -0.15) is 0 Å². The van der Waals surface area contributed by atoms with Crippen molar-refractivity contribution in [3.63, 3.8) is 0 Å². The smallest absolute Gasteiger partial charge is 0.259 e. The third kappa shape index (κ3) is 4.47. The van der Waals surface area contributed by atoms with E-state index in [2.05, 4.69) is 19.9 Å². The van der Waals surface area contributed by atoms with Gasteiger partial charge in [-0.1, -0.05) is 44.2 Å². The van der Waals surface area contributed by atoms with Crippen LogP contribution in [0.1, 0.15) is 25.0 Å². The van der Waals surface area contributed by atoms with E-state index < -0.39 is 0 Å². The van der Waals surface area contributed by atoms with Crippen LogP contribution in [0.25, 0.3) is 22.3 Å². The molecule has 0 fully saturated rings. The fourth-order valence-corrected chi connectivity index (χ4v) is 2.77. The van der Waals surface area contributed by atoms with Gasteiger partial charge in [0, 0.05) is 29.7 Å². The minimum absolute atomic E-state index is 0.206. The summed E-state index contributed by atoms with van der Waals surface area (Å²) in [6, 6.07) is 13.5. The second-order valence-electron chi connectivity index (χ2n) is 5.82. The number of H-pyrrole nitrogens is 1. The van der Waals surface area contributed by atoms with Crippen molar-refractivity contribution in [1.29, 1.82) is 0 Å². The Bertz CT molecular complexity index is 1080. The van der Waals surface area contributed by atoms with E-state index in [4.69, 9.17) is 4.74 Å². The van der Waals surface area contributed by atoms with Crippen LogP contribution in [0.3, 0.4) is 0 Å². The first-order valence-electron chi connectivity index (χ1n) is 9.20. The van der Waals surface area contributed by atoms with Crippen molar-refractivity contribution >= 4 is 10.9 Å². The van der Waals surface area contributed by atoms with E-state index in [9.17, 15) is 4.79 Å². The van der Waals surface area contributed by atoms with E-state index in [0.29, 0.717) is 35.5 Å². The Hall–Kier alpha value is -3.38. The normalized spacial score (nSPS) is 10.4. The maximum atomic E-state index is 12.6. The number of pyridine rings is 2. The monoisotopic (exact) mass is 374 g/mol. The van der Waals surface area contributed by atoms with E-state index in [1.165, 1.54) is 0 Å². The number of hydrogen-bond acceptors (Lipinski definition) is 5. The number of ether oxygens (including phenoxy) is 1. The molecule has 0 aliphatic rings. The molecule has 142 valence electrons. The molecule has 0 atom stereocenters. The number of rotatable bonds is 5. The largest absolute Gasteiger partial charge is 0.372 e.